The SMILES string of the molecule is NCC(c1ccccn1)C(O)c1cc2ccc(F)cc2s1. The lowest BCUT2D eigenvalue weighted by Crippen LogP contribution is -2.20. The lowest BCUT2D eigenvalue weighted by Gasteiger charge is -2.19. The van der Waals surface area contributed by atoms with Crippen molar-refractivity contribution >= 4 is 21.4 Å². The number of aromatic nitrogens is 1. The maximum absolute atomic E-state index is 13.3. The lowest BCUT2D eigenvalue weighted by atomic mass is 9.96. The minimum Gasteiger partial charge on any atom is -0.387 e. The maximum Gasteiger partial charge on any atom is 0.124 e. The highest BCUT2D eigenvalue weighted by atomic mass is 32.1. The number of pyridine rings is 1. The molecule has 0 spiro atoms. The van der Waals surface area contributed by atoms with E-state index in [0.717, 1.165) is 20.7 Å². The fraction of sp³-hybridized carbons (Fsp3) is 0.188. The van der Waals surface area contributed by atoms with E-state index in [1.807, 2.05) is 24.3 Å². The first-order valence-electron chi connectivity index (χ1n) is 6.67. The average molecular weight is 302 g/mol. The molecular formula is C16H15FN2OS. The third-order valence-electron chi connectivity index (χ3n) is 3.50. The normalized spacial score (nSPS) is 14.2. The molecule has 3 N–H and O–H groups in total. The largest absolute Gasteiger partial charge is 0.387 e. The van der Waals surface area contributed by atoms with Crippen LogP contribution < -0.4 is 5.73 Å². The van der Waals surface area contributed by atoms with Crippen molar-refractivity contribution in [3.63, 3.8) is 0 Å². The van der Waals surface area contributed by atoms with Gasteiger partial charge < -0.3 is 10.8 Å². The van der Waals surface area contributed by atoms with E-state index in [1.54, 1.807) is 12.3 Å². The summed E-state index contributed by atoms with van der Waals surface area (Å²) in [5.41, 5.74) is 6.57. The second kappa shape index (κ2) is 5.89. The Bertz CT molecular complexity index is 744. The van der Waals surface area contributed by atoms with E-state index >= 15 is 0 Å². The molecule has 0 aliphatic carbocycles. The standard InChI is InChI=1S/C16H15FN2OS/c17-11-5-4-10-7-15(21-14(10)8-11)16(20)12(9-18)13-3-1-2-6-19-13/h1-8,12,16,20H,9,18H2. The van der Waals surface area contributed by atoms with Crippen molar-refractivity contribution in [3.8, 4) is 0 Å². The van der Waals surface area contributed by atoms with Crippen LogP contribution in [0, 0.1) is 5.82 Å². The fourth-order valence-electron chi connectivity index (χ4n) is 2.38. The number of hydrogen-bond acceptors (Lipinski definition) is 4. The van der Waals surface area contributed by atoms with Gasteiger partial charge in [0.1, 0.15) is 5.82 Å². The zero-order valence-electron chi connectivity index (χ0n) is 11.2. The van der Waals surface area contributed by atoms with Crippen molar-refractivity contribution in [2.24, 2.45) is 5.73 Å². The number of halogens is 1. The number of nitrogens with zero attached hydrogens (tertiary/aromatic N) is 1. The summed E-state index contributed by atoms with van der Waals surface area (Å²) in [6.45, 7) is 0.292. The van der Waals surface area contributed by atoms with Crippen LogP contribution in [0.4, 0.5) is 4.39 Å². The Hall–Kier alpha value is -1.82. The molecule has 2 atom stereocenters. The second-order valence-corrected chi connectivity index (χ2v) is 5.99. The molecule has 21 heavy (non-hydrogen) atoms. The van der Waals surface area contributed by atoms with Crippen LogP contribution in [0.3, 0.4) is 0 Å². The first-order valence-corrected chi connectivity index (χ1v) is 7.48. The number of hydrogen-bond donors (Lipinski definition) is 2. The molecular weight excluding hydrogens is 287 g/mol. The minimum atomic E-state index is -0.745. The molecule has 0 amide bonds. The number of aliphatic hydroxyl groups is 1. The smallest absolute Gasteiger partial charge is 0.124 e. The van der Waals surface area contributed by atoms with E-state index in [0.29, 0.717) is 6.54 Å². The number of aliphatic hydroxyl groups excluding tert-OH is 1. The molecule has 108 valence electrons. The van der Waals surface area contributed by atoms with Crippen molar-refractivity contribution in [2.45, 2.75) is 12.0 Å². The minimum absolute atomic E-state index is 0.273. The van der Waals surface area contributed by atoms with Crippen LogP contribution in [0.1, 0.15) is 22.6 Å². The van der Waals surface area contributed by atoms with Crippen molar-refractivity contribution in [1.82, 2.24) is 4.98 Å². The number of rotatable bonds is 4. The van der Waals surface area contributed by atoms with Gasteiger partial charge in [-0.2, -0.15) is 0 Å². The Morgan fingerprint density at radius 3 is 2.81 bits per heavy atom. The van der Waals surface area contributed by atoms with Crippen LogP contribution in [-0.2, 0) is 0 Å². The molecule has 0 fully saturated rings. The molecule has 0 saturated heterocycles. The molecule has 3 rings (SSSR count). The van der Waals surface area contributed by atoms with E-state index in [1.165, 1.54) is 23.5 Å². The second-order valence-electron chi connectivity index (χ2n) is 4.87. The van der Waals surface area contributed by atoms with Gasteiger partial charge in [0.25, 0.3) is 0 Å². The van der Waals surface area contributed by atoms with Gasteiger partial charge in [0, 0.05) is 33.9 Å². The highest BCUT2D eigenvalue weighted by Gasteiger charge is 2.24. The zero-order valence-corrected chi connectivity index (χ0v) is 12.1. The van der Waals surface area contributed by atoms with E-state index < -0.39 is 6.10 Å². The molecule has 1 aromatic carbocycles. The van der Waals surface area contributed by atoms with Crippen LogP contribution in [0.5, 0.6) is 0 Å². The molecule has 5 heteroatoms. The molecule has 2 heterocycles. The van der Waals surface area contributed by atoms with Crippen molar-refractivity contribution in [1.29, 1.82) is 0 Å². The zero-order chi connectivity index (χ0) is 14.8. The quantitative estimate of drug-likeness (QED) is 0.778. The Balaban J connectivity index is 1.96. The van der Waals surface area contributed by atoms with Gasteiger partial charge in [-0.05, 0) is 35.7 Å². The van der Waals surface area contributed by atoms with Gasteiger partial charge in [-0.25, -0.2) is 4.39 Å². The van der Waals surface area contributed by atoms with E-state index in [4.69, 9.17) is 5.73 Å². The van der Waals surface area contributed by atoms with Crippen LogP contribution in [0.2, 0.25) is 0 Å². The van der Waals surface area contributed by atoms with Gasteiger partial charge in [-0.3, -0.25) is 4.98 Å². The van der Waals surface area contributed by atoms with Gasteiger partial charge in [0.2, 0.25) is 0 Å². The first-order chi connectivity index (χ1) is 10.2. The third kappa shape index (κ3) is 2.81. The molecule has 2 unspecified atom stereocenters. The van der Waals surface area contributed by atoms with Crippen LogP contribution in [0.25, 0.3) is 10.1 Å². The monoisotopic (exact) mass is 302 g/mol. The fourth-order valence-corrected chi connectivity index (χ4v) is 3.52. The van der Waals surface area contributed by atoms with Gasteiger partial charge in [-0.15, -0.1) is 11.3 Å². The highest BCUT2D eigenvalue weighted by Crippen LogP contribution is 2.36. The Kier molecular flexibility index (Phi) is 3.96. The molecule has 0 radical (unpaired) electrons. The van der Waals surface area contributed by atoms with Crippen LogP contribution in [-0.4, -0.2) is 16.6 Å². The third-order valence-corrected chi connectivity index (χ3v) is 4.66. The van der Waals surface area contributed by atoms with Gasteiger partial charge in [0.05, 0.1) is 6.10 Å². The summed E-state index contributed by atoms with van der Waals surface area (Å²) in [6.07, 6.45) is 0.940. The summed E-state index contributed by atoms with van der Waals surface area (Å²) in [6, 6.07) is 12.1. The van der Waals surface area contributed by atoms with Crippen LogP contribution >= 0.6 is 11.3 Å². The molecule has 0 aliphatic rings. The molecule has 2 aromatic heterocycles. The number of nitrogens with two attached hydrogens (primary N) is 1. The molecule has 0 saturated carbocycles. The van der Waals surface area contributed by atoms with Gasteiger partial charge >= 0.3 is 0 Å². The Morgan fingerprint density at radius 2 is 2.10 bits per heavy atom. The van der Waals surface area contributed by atoms with E-state index in [-0.39, 0.29) is 11.7 Å². The van der Waals surface area contributed by atoms with Crippen LogP contribution in [0.15, 0.2) is 48.7 Å². The van der Waals surface area contributed by atoms with Gasteiger partial charge in [0.15, 0.2) is 0 Å². The van der Waals surface area contributed by atoms with Crippen molar-refractivity contribution in [3.05, 3.63) is 65.0 Å². The predicted octanol–water partition coefficient (Wildman–Crippen LogP) is 3.21. The summed E-state index contributed by atoms with van der Waals surface area (Å²) < 4.78 is 14.1. The molecule has 0 aliphatic heterocycles. The lowest BCUT2D eigenvalue weighted by molar-refractivity contribution is 0.149. The van der Waals surface area contributed by atoms with E-state index in [2.05, 4.69) is 4.98 Å². The summed E-state index contributed by atoms with van der Waals surface area (Å²) in [4.78, 5) is 5.04. The number of benzene rings is 1. The highest BCUT2D eigenvalue weighted by molar-refractivity contribution is 7.19. The van der Waals surface area contributed by atoms with Gasteiger partial charge in [-0.1, -0.05) is 12.1 Å². The summed E-state index contributed by atoms with van der Waals surface area (Å²) in [7, 11) is 0. The summed E-state index contributed by atoms with van der Waals surface area (Å²) in [5, 5.41) is 11.5. The molecule has 3 aromatic rings. The van der Waals surface area contributed by atoms with Crippen molar-refractivity contribution < 1.29 is 9.50 Å². The molecule has 0 bridgehead atoms. The van der Waals surface area contributed by atoms with E-state index in [9.17, 15) is 9.50 Å². The maximum atomic E-state index is 13.3. The predicted molar refractivity (Wildman–Crippen MR) is 82.8 cm³/mol. The first kappa shape index (κ1) is 14.1. The average Bonchev–Trinajstić information content (AvgIpc) is 2.92. The summed E-state index contributed by atoms with van der Waals surface area (Å²) in [5.74, 6) is -0.547. The summed E-state index contributed by atoms with van der Waals surface area (Å²) >= 11 is 1.38. The van der Waals surface area contributed by atoms with Crippen molar-refractivity contribution in [2.75, 3.05) is 6.54 Å². The number of fused-ring (bicyclic) bond motifs is 1. The number of thiophene rings is 1. The topological polar surface area (TPSA) is 59.1 Å². The Labute approximate surface area is 125 Å². The molecule has 3 nitrogen and oxygen atoms in total. The Morgan fingerprint density at radius 1 is 1.24 bits per heavy atom.